The molecule has 0 amide bonds. The van der Waals surface area contributed by atoms with E-state index in [2.05, 4.69) is 4.98 Å². The zero-order valence-corrected chi connectivity index (χ0v) is 8.49. The summed E-state index contributed by atoms with van der Waals surface area (Å²) in [7, 11) is 0. The number of fused-ring (bicyclic) bond motifs is 1. The minimum atomic E-state index is -0.584. The highest BCUT2D eigenvalue weighted by Gasteiger charge is 2.09. The SMILES string of the molecule is C[C@@H](O)c1cnc2ccccc2c1Cl. The van der Waals surface area contributed by atoms with Gasteiger partial charge in [0, 0.05) is 17.1 Å². The Labute approximate surface area is 87.2 Å². The van der Waals surface area contributed by atoms with Crippen molar-refractivity contribution in [3.8, 4) is 0 Å². The smallest absolute Gasteiger partial charge is 0.0791 e. The summed E-state index contributed by atoms with van der Waals surface area (Å²) in [6, 6.07) is 7.61. The molecule has 3 heteroatoms. The quantitative estimate of drug-likeness (QED) is 0.780. The van der Waals surface area contributed by atoms with Crippen molar-refractivity contribution < 1.29 is 5.11 Å². The summed E-state index contributed by atoms with van der Waals surface area (Å²) in [4.78, 5) is 4.22. The van der Waals surface area contributed by atoms with Crippen LogP contribution in [0.15, 0.2) is 30.5 Å². The van der Waals surface area contributed by atoms with Gasteiger partial charge in [0.2, 0.25) is 0 Å². The third kappa shape index (κ3) is 1.47. The Hall–Kier alpha value is -1.12. The minimum absolute atomic E-state index is 0.584. The summed E-state index contributed by atoms with van der Waals surface area (Å²) in [6.07, 6.45) is 1.04. The Morgan fingerprint density at radius 3 is 2.79 bits per heavy atom. The molecule has 2 rings (SSSR count). The van der Waals surface area contributed by atoms with E-state index in [-0.39, 0.29) is 0 Å². The second-order valence-corrected chi connectivity index (χ2v) is 3.60. The van der Waals surface area contributed by atoms with Gasteiger partial charge in [-0.1, -0.05) is 29.8 Å². The minimum Gasteiger partial charge on any atom is -0.389 e. The molecule has 0 bridgehead atoms. The second kappa shape index (κ2) is 3.56. The molecule has 14 heavy (non-hydrogen) atoms. The maximum Gasteiger partial charge on any atom is 0.0791 e. The number of benzene rings is 1. The Balaban J connectivity index is 2.75. The highest BCUT2D eigenvalue weighted by atomic mass is 35.5. The number of aromatic nitrogens is 1. The van der Waals surface area contributed by atoms with Gasteiger partial charge in [-0.3, -0.25) is 4.98 Å². The van der Waals surface area contributed by atoms with Crippen LogP contribution in [-0.4, -0.2) is 10.1 Å². The standard InChI is InChI=1S/C11H10ClNO/c1-7(14)9-6-13-10-5-3-2-4-8(10)11(9)12/h2-7,14H,1H3/t7-/m1/s1. The monoisotopic (exact) mass is 207 g/mol. The number of hydrogen-bond donors (Lipinski definition) is 1. The zero-order chi connectivity index (χ0) is 10.1. The van der Waals surface area contributed by atoms with Crippen LogP contribution in [-0.2, 0) is 0 Å². The summed E-state index contributed by atoms with van der Waals surface area (Å²) in [5.74, 6) is 0. The summed E-state index contributed by atoms with van der Waals surface area (Å²) in [5.41, 5.74) is 1.52. The average Bonchev–Trinajstić information content (AvgIpc) is 2.18. The molecular formula is C11H10ClNO. The Kier molecular flexibility index (Phi) is 2.40. The molecule has 1 heterocycles. The lowest BCUT2D eigenvalue weighted by molar-refractivity contribution is 0.199. The van der Waals surface area contributed by atoms with E-state index < -0.39 is 6.10 Å². The fourth-order valence-corrected chi connectivity index (χ4v) is 1.78. The van der Waals surface area contributed by atoms with Gasteiger partial charge in [0.05, 0.1) is 16.6 Å². The third-order valence-electron chi connectivity index (χ3n) is 2.19. The Morgan fingerprint density at radius 2 is 2.07 bits per heavy atom. The lowest BCUT2D eigenvalue weighted by Crippen LogP contribution is -1.94. The van der Waals surface area contributed by atoms with Crippen molar-refractivity contribution in [2.75, 3.05) is 0 Å². The van der Waals surface area contributed by atoms with Gasteiger partial charge >= 0.3 is 0 Å². The molecule has 0 aliphatic heterocycles. The fourth-order valence-electron chi connectivity index (χ4n) is 1.41. The first-order valence-electron chi connectivity index (χ1n) is 4.41. The van der Waals surface area contributed by atoms with Gasteiger partial charge in [0.15, 0.2) is 0 Å². The van der Waals surface area contributed by atoms with Crippen molar-refractivity contribution in [3.63, 3.8) is 0 Å². The summed E-state index contributed by atoms with van der Waals surface area (Å²) in [5, 5.41) is 10.9. The number of rotatable bonds is 1. The van der Waals surface area contributed by atoms with Crippen molar-refractivity contribution in [1.82, 2.24) is 4.98 Å². The summed E-state index contributed by atoms with van der Waals surface area (Å²) in [6.45, 7) is 1.68. The molecule has 2 aromatic rings. The van der Waals surface area contributed by atoms with Crippen molar-refractivity contribution in [2.24, 2.45) is 0 Å². The van der Waals surface area contributed by atoms with Crippen LogP contribution in [0.25, 0.3) is 10.9 Å². The maximum absolute atomic E-state index is 9.44. The number of aliphatic hydroxyl groups is 1. The molecule has 0 unspecified atom stereocenters. The molecule has 0 saturated carbocycles. The van der Waals surface area contributed by atoms with Crippen LogP contribution in [0.5, 0.6) is 0 Å². The molecule has 1 N–H and O–H groups in total. The molecule has 1 aromatic heterocycles. The fraction of sp³-hybridized carbons (Fsp3) is 0.182. The normalized spacial score (nSPS) is 13.1. The molecule has 0 fully saturated rings. The van der Waals surface area contributed by atoms with E-state index >= 15 is 0 Å². The molecule has 1 atom stereocenters. The van der Waals surface area contributed by atoms with Crippen LogP contribution in [0.1, 0.15) is 18.6 Å². The van der Waals surface area contributed by atoms with E-state index in [4.69, 9.17) is 11.6 Å². The zero-order valence-electron chi connectivity index (χ0n) is 7.74. The van der Waals surface area contributed by atoms with E-state index in [1.165, 1.54) is 0 Å². The van der Waals surface area contributed by atoms with Crippen LogP contribution in [0, 0.1) is 0 Å². The Morgan fingerprint density at radius 1 is 1.36 bits per heavy atom. The van der Waals surface area contributed by atoms with E-state index in [0.29, 0.717) is 10.6 Å². The number of pyridine rings is 1. The molecule has 0 saturated heterocycles. The number of hydrogen-bond acceptors (Lipinski definition) is 2. The Bertz CT molecular complexity index is 468. The lowest BCUT2D eigenvalue weighted by atomic mass is 10.1. The van der Waals surface area contributed by atoms with E-state index in [1.54, 1.807) is 13.1 Å². The number of aliphatic hydroxyl groups excluding tert-OH is 1. The van der Waals surface area contributed by atoms with Crippen LogP contribution in [0.2, 0.25) is 5.02 Å². The first-order chi connectivity index (χ1) is 6.70. The molecule has 2 nitrogen and oxygen atoms in total. The number of para-hydroxylation sites is 1. The van der Waals surface area contributed by atoms with Crippen molar-refractivity contribution in [1.29, 1.82) is 0 Å². The van der Waals surface area contributed by atoms with Crippen LogP contribution in [0.3, 0.4) is 0 Å². The maximum atomic E-state index is 9.44. The van der Waals surface area contributed by atoms with Crippen LogP contribution < -0.4 is 0 Å². The molecule has 0 spiro atoms. The molecule has 0 aliphatic rings. The van der Waals surface area contributed by atoms with Gasteiger partial charge in [0.25, 0.3) is 0 Å². The van der Waals surface area contributed by atoms with E-state index in [1.807, 2.05) is 24.3 Å². The van der Waals surface area contributed by atoms with Gasteiger partial charge in [-0.2, -0.15) is 0 Å². The van der Waals surface area contributed by atoms with Gasteiger partial charge in [-0.05, 0) is 13.0 Å². The van der Waals surface area contributed by atoms with E-state index in [0.717, 1.165) is 10.9 Å². The third-order valence-corrected chi connectivity index (χ3v) is 2.61. The van der Waals surface area contributed by atoms with Gasteiger partial charge in [-0.15, -0.1) is 0 Å². The van der Waals surface area contributed by atoms with Crippen LogP contribution >= 0.6 is 11.6 Å². The van der Waals surface area contributed by atoms with E-state index in [9.17, 15) is 5.11 Å². The molecule has 72 valence electrons. The largest absolute Gasteiger partial charge is 0.389 e. The predicted molar refractivity (Wildman–Crippen MR) is 57.4 cm³/mol. The first-order valence-corrected chi connectivity index (χ1v) is 4.79. The van der Waals surface area contributed by atoms with Crippen molar-refractivity contribution >= 4 is 22.5 Å². The van der Waals surface area contributed by atoms with Gasteiger partial charge in [0.1, 0.15) is 0 Å². The summed E-state index contributed by atoms with van der Waals surface area (Å²) < 4.78 is 0. The number of nitrogens with zero attached hydrogens (tertiary/aromatic N) is 1. The first kappa shape index (κ1) is 9.44. The number of halogens is 1. The van der Waals surface area contributed by atoms with Crippen LogP contribution in [0.4, 0.5) is 0 Å². The van der Waals surface area contributed by atoms with Gasteiger partial charge in [-0.25, -0.2) is 0 Å². The molecule has 0 aliphatic carbocycles. The highest BCUT2D eigenvalue weighted by Crippen LogP contribution is 2.28. The van der Waals surface area contributed by atoms with Crippen molar-refractivity contribution in [3.05, 3.63) is 41.0 Å². The molecular weight excluding hydrogens is 198 g/mol. The highest BCUT2D eigenvalue weighted by molar-refractivity contribution is 6.36. The molecule has 0 radical (unpaired) electrons. The average molecular weight is 208 g/mol. The topological polar surface area (TPSA) is 33.1 Å². The summed E-state index contributed by atoms with van der Waals surface area (Å²) >= 11 is 6.14. The van der Waals surface area contributed by atoms with Gasteiger partial charge < -0.3 is 5.11 Å². The molecule has 1 aromatic carbocycles. The van der Waals surface area contributed by atoms with Crippen molar-refractivity contribution in [2.45, 2.75) is 13.0 Å². The predicted octanol–water partition coefficient (Wildman–Crippen LogP) is 2.94. The lowest BCUT2D eigenvalue weighted by Gasteiger charge is -2.08. The second-order valence-electron chi connectivity index (χ2n) is 3.22.